The number of nitrogens with one attached hydrogen (secondary N) is 2. The van der Waals surface area contributed by atoms with Crippen molar-refractivity contribution in [1.29, 1.82) is 0 Å². The molecule has 0 radical (unpaired) electrons. The zero-order valence-corrected chi connectivity index (χ0v) is 16.4. The highest BCUT2D eigenvalue weighted by atomic mass is 19.4. The minimum atomic E-state index is -4.19. The summed E-state index contributed by atoms with van der Waals surface area (Å²) in [5.41, 5.74) is 6.85. The summed E-state index contributed by atoms with van der Waals surface area (Å²) in [6, 6.07) is 0.856. The average Bonchev–Trinajstić information content (AvgIpc) is 2.46. The Bertz CT molecular complexity index is 532. The Balaban J connectivity index is 0.000000817. The summed E-state index contributed by atoms with van der Waals surface area (Å²) in [5.74, 6) is 0. The number of nitrogens with zero attached hydrogens (tertiary/aromatic N) is 2. The summed E-state index contributed by atoms with van der Waals surface area (Å²) in [6.07, 6.45) is -1.62. The van der Waals surface area contributed by atoms with Crippen molar-refractivity contribution in [2.45, 2.75) is 43.9 Å². The maximum Gasteiger partial charge on any atom is 0.389 e. The van der Waals surface area contributed by atoms with E-state index in [4.69, 9.17) is 10.5 Å². The van der Waals surface area contributed by atoms with Gasteiger partial charge in [-0.1, -0.05) is 0 Å². The van der Waals surface area contributed by atoms with E-state index in [1.807, 2.05) is 14.1 Å². The maximum absolute atomic E-state index is 12.3. The monoisotopic (exact) mass is 391 g/mol. The first-order chi connectivity index (χ1) is 12.7. The van der Waals surface area contributed by atoms with Crippen molar-refractivity contribution in [1.82, 2.24) is 15.5 Å². The van der Waals surface area contributed by atoms with Crippen molar-refractivity contribution < 1.29 is 17.9 Å². The molecule has 3 rings (SSSR count). The van der Waals surface area contributed by atoms with E-state index in [-0.39, 0.29) is 18.2 Å². The molecule has 0 aromatic carbocycles. The van der Waals surface area contributed by atoms with Crippen LogP contribution in [-0.2, 0) is 4.74 Å². The molecular weight excluding hydrogens is 359 g/mol. The van der Waals surface area contributed by atoms with Crippen molar-refractivity contribution in [2.75, 3.05) is 47.4 Å². The number of allylic oxidation sites excluding steroid dienone is 2. The molecule has 6 nitrogen and oxygen atoms in total. The van der Waals surface area contributed by atoms with Crippen molar-refractivity contribution in [3.05, 3.63) is 11.4 Å². The van der Waals surface area contributed by atoms with Crippen molar-refractivity contribution >= 4 is 6.21 Å². The van der Waals surface area contributed by atoms with Gasteiger partial charge >= 0.3 is 6.18 Å². The van der Waals surface area contributed by atoms with Crippen LogP contribution in [-0.4, -0.2) is 76.8 Å². The van der Waals surface area contributed by atoms with Gasteiger partial charge in [0.2, 0.25) is 0 Å². The fourth-order valence-corrected chi connectivity index (χ4v) is 3.71. The second-order valence-electron chi connectivity index (χ2n) is 7.74. The lowest BCUT2D eigenvalue weighted by molar-refractivity contribution is -0.157. The molecule has 27 heavy (non-hydrogen) atoms. The molecule has 2 aliphatic heterocycles. The lowest BCUT2D eigenvalue weighted by Crippen LogP contribution is -2.68. The molecule has 1 saturated carbocycles. The van der Waals surface area contributed by atoms with E-state index in [1.165, 1.54) is 0 Å². The van der Waals surface area contributed by atoms with Gasteiger partial charge in [-0.2, -0.15) is 13.2 Å². The van der Waals surface area contributed by atoms with Gasteiger partial charge in [-0.05, 0) is 38.8 Å². The molecule has 156 valence electrons. The summed E-state index contributed by atoms with van der Waals surface area (Å²) >= 11 is 0. The largest absolute Gasteiger partial charge is 0.400 e. The topological polar surface area (TPSA) is 74.9 Å². The number of ether oxygens (including phenoxy) is 1. The molecule has 9 heteroatoms. The molecule has 0 bridgehead atoms. The SMILES string of the molecule is CN/C(C=NC1CC2(C1)CN(C1COC1)C2)=C(/N)CCC(F)(F)F.CNC. The van der Waals surface area contributed by atoms with Crippen LogP contribution in [0, 0.1) is 5.41 Å². The van der Waals surface area contributed by atoms with Crippen molar-refractivity contribution in [3.63, 3.8) is 0 Å². The van der Waals surface area contributed by atoms with E-state index in [9.17, 15) is 13.2 Å². The quantitative estimate of drug-likeness (QED) is 0.598. The van der Waals surface area contributed by atoms with Crippen LogP contribution >= 0.6 is 0 Å². The molecule has 0 aromatic rings. The third-order valence-electron chi connectivity index (χ3n) is 5.26. The molecule has 2 saturated heterocycles. The normalized spacial score (nSPS) is 23.8. The van der Waals surface area contributed by atoms with Gasteiger partial charge in [-0.3, -0.25) is 9.89 Å². The minimum absolute atomic E-state index is 0.201. The second-order valence-corrected chi connectivity index (χ2v) is 7.74. The highest BCUT2D eigenvalue weighted by molar-refractivity contribution is 5.78. The summed E-state index contributed by atoms with van der Waals surface area (Å²) in [7, 11) is 5.40. The molecule has 0 atom stereocenters. The molecule has 0 unspecified atom stereocenters. The van der Waals surface area contributed by atoms with Crippen molar-refractivity contribution in [2.24, 2.45) is 16.1 Å². The predicted octanol–water partition coefficient (Wildman–Crippen LogP) is 1.49. The highest BCUT2D eigenvalue weighted by Crippen LogP contribution is 2.50. The number of nitrogens with two attached hydrogens (primary N) is 1. The Morgan fingerprint density at radius 1 is 1.26 bits per heavy atom. The fraction of sp³-hybridized carbons (Fsp3) is 0.833. The van der Waals surface area contributed by atoms with E-state index in [0.29, 0.717) is 17.2 Å². The first-order valence-corrected chi connectivity index (χ1v) is 9.38. The lowest BCUT2D eigenvalue weighted by atomic mass is 9.60. The van der Waals surface area contributed by atoms with Crippen LogP contribution in [0.1, 0.15) is 25.7 Å². The summed E-state index contributed by atoms with van der Waals surface area (Å²) < 4.78 is 42.0. The zero-order chi connectivity index (χ0) is 20.1. The number of rotatable bonds is 6. The number of hydrogen-bond acceptors (Lipinski definition) is 6. The van der Waals surface area contributed by atoms with Crippen LogP contribution in [0.25, 0.3) is 0 Å². The molecule has 4 N–H and O–H groups in total. The molecule has 2 heterocycles. The molecule has 1 aliphatic carbocycles. The first-order valence-electron chi connectivity index (χ1n) is 9.38. The Morgan fingerprint density at radius 3 is 2.30 bits per heavy atom. The molecule has 1 spiro atoms. The number of likely N-dealkylation sites (tertiary alicyclic amines) is 1. The highest BCUT2D eigenvalue weighted by Gasteiger charge is 2.54. The van der Waals surface area contributed by atoms with E-state index in [0.717, 1.165) is 39.1 Å². The third kappa shape index (κ3) is 6.08. The summed E-state index contributed by atoms with van der Waals surface area (Å²) in [6.45, 7) is 3.95. The van der Waals surface area contributed by atoms with Gasteiger partial charge in [-0.15, -0.1) is 0 Å². The van der Waals surface area contributed by atoms with E-state index >= 15 is 0 Å². The standard InChI is InChI=1S/C16H25F3N4O.C2H7N/c1-21-14(13(20)2-3-16(17,18)19)6-22-11-4-15(5-11)9-23(10-15)12-7-24-8-12;1-3-2/h6,11-12,21H,2-5,7-10,20H2,1H3;3H,1-2H3/b14-13+,22-6?;. The van der Waals surface area contributed by atoms with Crippen LogP contribution in [0.5, 0.6) is 0 Å². The Labute approximate surface area is 159 Å². The molecule has 0 amide bonds. The molecule has 3 fully saturated rings. The van der Waals surface area contributed by atoms with Gasteiger partial charge in [0.15, 0.2) is 0 Å². The van der Waals surface area contributed by atoms with E-state index in [1.54, 1.807) is 13.3 Å². The number of alkyl halides is 3. The van der Waals surface area contributed by atoms with Crippen LogP contribution in [0.4, 0.5) is 13.2 Å². The van der Waals surface area contributed by atoms with E-state index < -0.39 is 12.6 Å². The fourth-order valence-electron chi connectivity index (χ4n) is 3.71. The predicted molar refractivity (Wildman–Crippen MR) is 101 cm³/mol. The minimum Gasteiger partial charge on any atom is -0.400 e. The van der Waals surface area contributed by atoms with Gasteiger partial charge < -0.3 is 21.1 Å². The van der Waals surface area contributed by atoms with Gasteiger partial charge in [0.05, 0.1) is 31.0 Å². The zero-order valence-electron chi connectivity index (χ0n) is 16.4. The Hall–Kier alpha value is -1.32. The van der Waals surface area contributed by atoms with Crippen LogP contribution in [0.15, 0.2) is 16.4 Å². The number of aliphatic imine (C=N–C) groups is 1. The smallest absolute Gasteiger partial charge is 0.389 e. The van der Waals surface area contributed by atoms with Crippen molar-refractivity contribution in [3.8, 4) is 0 Å². The molecular formula is C18H32F3N5O. The van der Waals surface area contributed by atoms with E-state index in [2.05, 4.69) is 20.5 Å². The number of halogens is 3. The Morgan fingerprint density at radius 2 is 1.85 bits per heavy atom. The lowest BCUT2D eigenvalue weighted by Gasteiger charge is -2.61. The van der Waals surface area contributed by atoms with Crippen LogP contribution in [0.3, 0.4) is 0 Å². The second kappa shape index (κ2) is 9.25. The summed E-state index contributed by atoms with van der Waals surface area (Å²) in [4.78, 5) is 6.97. The summed E-state index contributed by atoms with van der Waals surface area (Å²) in [5, 5.41) is 5.59. The Kier molecular flexibility index (Phi) is 7.53. The number of hydrogen-bond donors (Lipinski definition) is 3. The maximum atomic E-state index is 12.3. The van der Waals surface area contributed by atoms with Crippen LogP contribution < -0.4 is 16.4 Å². The van der Waals surface area contributed by atoms with Gasteiger partial charge in [0.1, 0.15) is 0 Å². The molecule has 3 aliphatic rings. The average molecular weight is 391 g/mol. The third-order valence-corrected chi connectivity index (χ3v) is 5.26. The first kappa shape index (κ1) is 22.0. The van der Waals surface area contributed by atoms with Crippen LogP contribution in [0.2, 0.25) is 0 Å². The van der Waals surface area contributed by atoms with Gasteiger partial charge in [-0.25, -0.2) is 0 Å². The molecule has 0 aromatic heterocycles. The van der Waals surface area contributed by atoms with Gasteiger partial charge in [0.25, 0.3) is 0 Å². The van der Waals surface area contributed by atoms with Gasteiger partial charge in [0, 0.05) is 38.5 Å².